The number of aromatic hydroxyl groups is 1. The molecular formula is C20H23NO6. The van der Waals surface area contributed by atoms with E-state index in [1.807, 2.05) is 13.8 Å². The van der Waals surface area contributed by atoms with Crippen LogP contribution < -0.4 is 14.8 Å². The Kier molecular flexibility index (Phi) is 7.05. The normalized spacial score (nSPS) is 10.2. The molecule has 0 atom stereocenters. The van der Waals surface area contributed by atoms with Gasteiger partial charge in [0.25, 0.3) is 5.91 Å². The highest BCUT2D eigenvalue weighted by molar-refractivity contribution is 5.97. The van der Waals surface area contributed by atoms with Crippen molar-refractivity contribution >= 4 is 17.6 Å². The van der Waals surface area contributed by atoms with Crippen LogP contribution in [-0.2, 0) is 9.53 Å². The van der Waals surface area contributed by atoms with Crippen molar-refractivity contribution in [2.24, 2.45) is 0 Å². The predicted octanol–water partition coefficient (Wildman–Crippen LogP) is 3.29. The second-order valence-electron chi connectivity index (χ2n) is 5.67. The van der Waals surface area contributed by atoms with Gasteiger partial charge in [0.1, 0.15) is 22.8 Å². The van der Waals surface area contributed by atoms with Gasteiger partial charge in [-0.2, -0.15) is 0 Å². The van der Waals surface area contributed by atoms with Crippen molar-refractivity contribution in [2.45, 2.75) is 20.8 Å². The number of amides is 1. The minimum atomic E-state index is -0.778. The number of ether oxygens (including phenoxy) is 3. The number of carbonyl (C=O) groups is 2. The molecule has 0 saturated carbocycles. The second-order valence-corrected chi connectivity index (χ2v) is 5.67. The van der Waals surface area contributed by atoms with Crippen molar-refractivity contribution < 1.29 is 28.9 Å². The van der Waals surface area contributed by atoms with Crippen molar-refractivity contribution in [2.75, 3.05) is 25.1 Å². The lowest BCUT2D eigenvalue weighted by Gasteiger charge is -2.13. The summed E-state index contributed by atoms with van der Waals surface area (Å²) >= 11 is 0. The van der Waals surface area contributed by atoms with E-state index in [0.29, 0.717) is 30.4 Å². The summed E-state index contributed by atoms with van der Waals surface area (Å²) in [5.41, 5.74) is 1.22. The minimum absolute atomic E-state index is 0.0103. The molecule has 0 saturated heterocycles. The highest BCUT2D eigenvalue weighted by atomic mass is 16.5. The number of anilines is 1. The topological polar surface area (TPSA) is 94.1 Å². The number of benzene rings is 2. The molecule has 27 heavy (non-hydrogen) atoms. The van der Waals surface area contributed by atoms with Gasteiger partial charge in [0.2, 0.25) is 0 Å². The Morgan fingerprint density at radius 2 is 1.78 bits per heavy atom. The lowest BCUT2D eigenvalue weighted by molar-refractivity contribution is -0.119. The van der Waals surface area contributed by atoms with Crippen LogP contribution in [0, 0.1) is 6.92 Å². The molecule has 2 N–H and O–H groups in total. The van der Waals surface area contributed by atoms with Crippen molar-refractivity contribution in [3.8, 4) is 17.2 Å². The minimum Gasteiger partial charge on any atom is -0.507 e. The Labute approximate surface area is 157 Å². The molecule has 0 aliphatic heterocycles. The number of phenols is 1. The predicted molar refractivity (Wildman–Crippen MR) is 101 cm³/mol. The van der Waals surface area contributed by atoms with E-state index >= 15 is 0 Å². The summed E-state index contributed by atoms with van der Waals surface area (Å²) in [6, 6.07) is 9.64. The molecule has 7 nitrogen and oxygen atoms in total. The SMILES string of the molecule is CCOc1ccc(OCC)c(NC(=O)COC(=O)c2cc(C)ccc2O)c1. The van der Waals surface area contributed by atoms with E-state index in [2.05, 4.69) is 5.32 Å². The van der Waals surface area contributed by atoms with Gasteiger partial charge in [-0.05, 0) is 45.0 Å². The molecule has 0 radical (unpaired) electrons. The number of hydrogen-bond acceptors (Lipinski definition) is 6. The summed E-state index contributed by atoms with van der Waals surface area (Å²) in [6.45, 7) is 5.88. The van der Waals surface area contributed by atoms with E-state index in [4.69, 9.17) is 14.2 Å². The van der Waals surface area contributed by atoms with Gasteiger partial charge in [-0.3, -0.25) is 4.79 Å². The summed E-state index contributed by atoms with van der Waals surface area (Å²) in [5.74, 6) is -0.450. The van der Waals surface area contributed by atoms with Crippen LogP contribution in [0.5, 0.6) is 17.2 Å². The van der Waals surface area contributed by atoms with E-state index < -0.39 is 18.5 Å². The lowest BCUT2D eigenvalue weighted by Crippen LogP contribution is -2.21. The number of esters is 1. The van der Waals surface area contributed by atoms with E-state index in [1.165, 1.54) is 12.1 Å². The summed E-state index contributed by atoms with van der Waals surface area (Å²) in [5, 5.41) is 12.4. The molecule has 0 aliphatic rings. The lowest BCUT2D eigenvalue weighted by atomic mass is 10.1. The molecule has 2 aromatic carbocycles. The van der Waals surface area contributed by atoms with Crippen LogP contribution in [-0.4, -0.2) is 36.8 Å². The standard InChI is InChI=1S/C20H23NO6/c1-4-25-14-7-9-18(26-5-2)16(11-14)21-19(23)12-27-20(24)15-10-13(3)6-8-17(15)22/h6-11,22H,4-5,12H2,1-3H3,(H,21,23). The highest BCUT2D eigenvalue weighted by Crippen LogP contribution is 2.29. The van der Waals surface area contributed by atoms with Crippen LogP contribution in [0.25, 0.3) is 0 Å². The zero-order chi connectivity index (χ0) is 19.8. The first-order chi connectivity index (χ1) is 12.9. The maximum Gasteiger partial charge on any atom is 0.342 e. The third-order valence-electron chi connectivity index (χ3n) is 3.54. The van der Waals surface area contributed by atoms with E-state index in [0.717, 1.165) is 5.56 Å². The first-order valence-electron chi connectivity index (χ1n) is 8.60. The molecule has 0 aliphatic carbocycles. The van der Waals surface area contributed by atoms with Gasteiger partial charge in [0, 0.05) is 6.07 Å². The summed E-state index contributed by atoms with van der Waals surface area (Å²) in [4.78, 5) is 24.3. The number of nitrogens with one attached hydrogen (secondary N) is 1. The quantitative estimate of drug-likeness (QED) is 0.690. The molecule has 144 valence electrons. The number of aryl methyl sites for hydroxylation is 1. The molecular weight excluding hydrogens is 350 g/mol. The van der Waals surface area contributed by atoms with Gasteiger partial charge >= 0.3 is 5.97 Å². The number of hydrogen-bond donors (Lipinski definition) is 2. The van der Waals surface area contributed by atoms with Crippen molar-refractivity contribution in [3.63, 3.8) is 0 Å². The highest BCUT2D eigenvalue weighted by Gasteiger charge is 2.16. The molecule has 2 aromatic rings. The average molecular weight is 373 g/mol. The third-order valence-corrected chi connectivity index (χ3v) is 3.54. The van der Waals surface area contributed by atoms with Crippen molar-refractivity contribution in [3.05, 3.63) is 47.5 Å². The van der Waals surface area contributed by atoms with E-state index in [1.54, 1.807) is 31.2 Å². The zero-order valence-corrected chi connectivity index (χ0v) is 15.6. The fraction of sp³-hybridized carbons (Fsp3) is 0.300. The Hall–Kier alpha value is -3.22. The summed E-state index contributed by atoms with van der Waals surface area (Å²) in [7, 11) is 0. The maximum atomic E-state index is 12.2. The van der Waals surface area contributed by atoms with Crippen molar-refractivity contribution in [1.29, 1.82) is 0 Å². The fourth-order valence-corrected chi connectivity index (χ4v) is 2.35. The summed E-state index contributed by atoms with van der Waals surface area (Å²) in [6.07, 6.45) is 0. The van der Waals surface area contributed by atoms with Crippen LogP contribution >= 0.6 is 0 Å². The monoisotopic (exact) mass is 373 g/mol. The molecule has 0 spiro atoms. The summed E-state index contributed by atoms with van der Waals surface area (Å²) < 4.78 is 15.9. The van der Waals surface area contributed by atoms with Gasteiger partial charge in [-0.15, -0.1) is 0 Å². The average Bonchev–Trinajstić information content (AvgIpc) is 2.64. The Morgan fingerprint density at radius 1 is 1.04 bits per heavy atom. The molecule has 0 aromatic heterocycles. The number of rotatable bonds is 8. The van der Waals surface area contributed by atoms with Crippen LogP contribution in [0.2, 0.25) is 0 Å². The van der Waals surface area contributed by atoms with E-state index in [-0.39, 0.29) is 11.3 Å². The van der Waals surface area contributed by atoms with Crippen LogP contribution in [0.1, 0.15) is 29.8 Å². The Morgan fingerprint density at radius 3 is 2.48 bits per heavy atom. The fourth-order valence-electron chi connectivity index (χ4n) is 2.35. The molecule has 0 heterocycles. The smallest absolute Gasteiger partial charge is 0.342 e. The van der Waals surface area contributed by atoms with Gasteiger partial charge in [-0.1, -0.05) is 11.6 Å². The van der Waals surface area contributed by atoms with Crippen LogP contribution in [0.4, 0.5) is 5.69 Å². The largest absolute Gasteiger partial charge is 0.507 e. The Bertz CT molecular complexity index is 818. The molecule has 1 amide bonds. The van der Waals surface area contributed by atoms with Gasteiger partial charge in [0.05, 0.1) is 18.9 Å². The first-order valence-corrected chi connectivity index (χ1v) is 8.60. The first kappa shape index (κ1) is 20.1. The van der Waals surface area contributed by atoms with Crippen molar-refractivity contribution in [1.82, 2.24) is 0 Å². The second kappa shape index (κ2) is 9.47. The third kappa shape index (κ3) is 5.64. The maximum absolute atomic E-state index is 12.2. The molecule has 7 heteroatoms. The van der Waals surface area contributed by atoms with Gasteiger partial charge < -0.3 is 24.6 Å². The van der Waals surface area contributed by atoms with E-state index in [9.17, 15) is 14.7 Å². The van der Waals surface area contributed by atoms with Crippen LogP contribution in [0.15, 0.2) is 36.4 Å². The van der Waals surface area contributed by atoms with Gasteiger partial charge in [-0.25, -0.2) is 4.79 Å². The molecule has 0 bridgehead atoms. The van der Waals surface area contributed by atoms with Gasteiger partial charge in [0.15, 0.2) is 6.61 Å². The zero-order valence-electron chi connectivity index (χ0n) is 15.6. The Balaban J connectivity index is 2.03. The number of phenolic OH excluding ortho intramolecular Hbond substituents is 1. The molecule has 0 fully saturated rings. The van der Waals surface area contributed by atoms with Crippen LogP contribution in [0.3, 0.4) is 0 Å². The molecule has 0 unspecified atom stereocenters. The molecule has 2 rings (SSSR count). The number of carbonyl (C=O) groups excluding carboxylic acids is 2.